The van der Waals surface area contributed by atoms with Crippen LogP contribution in [0.5, 0.6) is 0 Å². The minimum Gasteiger partial charge on any atom is -0.468 e. The summed E-state index contributed by atoms with van der Waals surface area (Å²) in [5.74, 6) is -1.59. The largest absolute Gasteiger partial charge is 0.468 e. The van der Waals surface area contributed by atoms with Gasteiger partial charge in [0.05, 0.1) is 19.2 Å². The normalized spacial score (nSPS) is 11.1. The number of carbonyl (C=O) groups excluding carboxylic acids is 2. The predicted octanol–water partition coefficient (Wildman–Crippen LogP) is 0.639. The summed E-state index contributed by atoms with van der Waals surface area (Å²) < 4.78 is 34.7. The summed E-state index contributed by atoms with van der Waals surface area (Å²) in [6.45, 7) is -0.564. The Hall–Kier alpha value is -1.16. The summed E-state index contributed by atoms with van der Waals surface area (Å²) in [6, 6.07) is 0. The monoisotopic (exact) mass is 327 g/mol. The summed E-state index contributed by atoms with van der Waals surface area (Å²) in [5.41, 5.74) is 0. The average Bonchev–Trinajstić information content (AvgIpc) is 2.77. The minimum absolute atomic E-state index is 0.122. The third-order valence-electron chi connectivity index (χ3n) is 1.98. The van der Waals surface area contributed by atoms with Crippen LogP contribution in [0, 0.1) is 0 Å². The average molecular weight is 328 g/mol. The van der Waals surface area contributed by atoms with Gasteiger partial charge < -0.3 is 9.47 Å². The highest BCUT2D eigenvalue weighted by Gasteiger charge is 2.28. The molecule has 0 bridgehead atoms. The highest BCUT2D eigenvalue weighted by Crippen LogP contribution is 2.31. The van der Waals surface area contributed by atoms with E-state index in [1.807, 2.05) is 4.72 Å². The standard InChI is InChI=1S/C9H10ClNO6S2/c1-16-6(12)3-11-19(14,15)8-5(10)4-18-7(8)9(13)17-2/h4,11H,3H2,1-2H3. The van der Waals surface area contributed by atoms with Crippen molar-refractivity contribution in [3.63, 3.8) is 0 Å². The van der Waals surface area contributed by atoms with Crippen LogP contribution in [-0.4, -0.2) is 41.1 Å². The number of nitrogens with one attached hydrogen (secondary N) is 1. The van der Waals surface area contributed by atoms with E-state index in [4.69, 9.17) is 11.6 Å². The lowest BCUT2D eigenvalue weighted by atomic mass is 10.5. The fourth-order valence-corrected chi connectivity index (χ4v) is 4.08. The van der Waals surface area contributed by atoms with Crippen LogP contribution in [0.2, 0.25) is 5.02 Å². The van der Waals surface area contributed by atoms with E-state index < -0.39 is 33.4 Å². The van der Waals surface area contributed by atoms with Gasteiger partial charge in [-0.05, 0) is 0 Å². The molecule has 10 heteroatoms. The predicted molar refractivity (Wildman–Crippen MR) is 67.9 cm³/mol. The molecular formula is C9H10ClNO6S2. The highest BCUT2D eigenvalue weighted by atomic mass is 35.5. The molecule has 1 aromatic rings. The summed E-state index contributed by atoms with van der Waals surface area (Å²) in [7, 11) is -1.87. The zero-order valence-electron chi connectivity index (χ0n) is 9.93. The van der Waals surface area contributed by atoms with Gasteiger partial charge in [-0.1, -0.05) is 11.6 Å². The molecule has 0 saturated heterocycles. The van der Waals surface area contributed by atoms with Gasteiger partial charge in [0.2, 0.25) is 10.0 Å². The Morgan fingerprint density at radius 2 is 2.00 bits per heavy atom. The molecule has 7 nitrogen and oxygen atoms in total. The molecule has 0 amide bonds. The van der Waals surface area contributed by atoms with Crippen molar-refractivity contribution in [3.8, 4) is 0 Å². The Kier molecular flexibility index (Phi) is 5.29. The highest BCUT2D eigenvalue weighted by molar-refractivity contribution is 7.90. The number of carbonyl (C=O) groups is 2. The molecule has 19 heavy (non-hydrogen) atoms. The first-order valence-electron chi connectivity index (χ1n) is 4.75. The Balaban J connectivity index is 3.11. The van der Waals surface area contributed by atoms with Gasteiger partial charge in [0.15, 0.2) is 0 Å². The van der Waals surface area contributed by atoms with Crippen LogP contribution in [0.25, 0.3) is 0 Å². The van der Waals surface area contributed by atoms with Gasteiger partial charge in [-0.25, -0.2) is 13.2 Å². The SMILES string of the molecule is COC(=O)CNS(=O)(=O)c1c(Cl)csc1C(=O)OC. The van der Waals surface area contributed by atoms with Crippen LogP contribution in [0.4, 0.5) is 0 Å². The van der Waals surface area contributed by atoms with Crippen molar-refractivity contribution in [2.75, 3.05) is 20.8 Å². The van der Waals surface area contributed by atoms with E-state index >= 15 is 0 Å². The van der Waals surface area contributed by atoms with Crippen molar-refractivity contribution in [2.45, 2.75) is 4.90 Å². The first-order valence-corrected chi connectivity index (χ1v) is 7.49. The third-order valence-corrected chi connectivity index (χ3v) is 5.09. The number of hydrogen-bond donors (Lipinski definition) is 1. The molecular weight excluding hydrogens is 318 g/mol. The molecule has 1 rings (SSSR count). The smallest absolute Gasteiger partial charge is 0.349 e. The van der Waals surface area contributed by atoms with Crippen molar-refractivity contribution >= 4 is 44.9 Å². The second kappa shape index (κ2) is 6.33. The van der Waals surface area contributed by atoms with Crippen LogP contribution in [0.3, 0.4) is 0 Å². The van der Waals surface area contributed by atoms with E-state index in [9.17, 15) is 18.0 Å². The lowest BCUT2D eigenvalue weighted by Gasteiger charge is -2.06. The second-order valence-corrected chi connectivity index (χ2v) is 6.12. The molecule has 0 fully saturated rings. The molecule has 0 aliphatic rings. The van der Waals surface area contributed by atoms with Gasteiger partial charge in [-0.3, -0.25) is 4.79 Å². The quantitative estimate of drug-likeness (QED) is 0.797. The number of methoxy groups -OCH3 is 2. The van der Waals surface area contributed by atoms with E-state index in [-0.39, 0.29) is 9.90 Å². The van der Waals surface area contributed by atoms with E-state index in [1.165, 1.54) is 5.38 Å². The van der Waals surface area contributed by atoms with Crippen LogP contribution in [-0.2, 0) is 24.3 Å². The number of hydrogen-bond acceptors (Lipinski definition) is 7. The van der Waals surface area contributed by atoms with Crippen molar-refractivity contribution in [1.29, 1.82) is 0 Å². The van der Waals surface area contributed by atoms with Crippen molar-refractivity contribution in [2.24, 2.45) is 0 Å². The number of esters is 2. The van der Waals surface area contributed by atoms with Gasteiger partial charge in [0.25, 0.3) is 0 Å². The number of rotatable bonds is 5. The Bertz CT molecular complexity index is 594. The lowest BCUT2D eigenvalue weighted by Crippen LogP contribution is -2.31. The summed E-state index contributed by atoms with van der Waals surface area (Å²) in [5, 5.41) is 1.17. The Labute approximate surface area is 118 Å². The Morgan fingerprint density at radius 3 is 2.53 bits per heavy atom. The molecule has 0 spiro atoms. The van der Waals surface area contributed by atoms with Gasteiger partial charge in [-0.15, -0.1) is 11.3 Å². The number of halogens is 1. The molecule has 0 aromatic carbocycles. The second-order valence-electron chi connectivity index (χ2n) is 3.13. The van der Waals surface area contributed by atoms with E-state index in [0.29, 0.717) is 0 Å². The molecule has 0 unspecified atom stereocenters. The molecule has 1 N–H and O–H groups in total. The fraction of sp³-hybridized carbons (Fsp3) is 0.333. The molecule has 0 aliphatic heterocycles. The summed E-state index contributed by atoms with van der Waals surface area (Å²) >= 11 is 6.58. The molecule has 1 heterocycles. The zero-order valence-corrected chi connectivity index (χ0v) is 12.3. The van der Waals surface area contributed by atoms with Crippen molar-refractivity contribution in [3.05, 3.63) is 15.3 Å². The fourth-order valence-electron chi connectivity index (χ4n) is 1.11. The van der Waals surface area contributed by atoms with E-state index in [0.717, 1.165) is 25.6 Å². The first kappa shape index (κ1) is 15.9. The van der Waals surface area contributed by atoms with Crippen molar-refractivity contribution in [1.82, 2.24) is 4.72 Å². The maximum absolute atomic E-state index is 12.0. The number of sulfonamides is 1. The molecule has 0 saturated carbocycles. The molecule has 0 atom stereocenters. The molecule has 0 radical (unpaired) electrons. The Morgan fingerprint density at radius 1 is 1.37 bits per heavy atom. The molecule has 0 aliphatic carbocycles. The van der Waals surface area contributed by atoms with Crippen LogP contribution in [0.1, 0.15) is 9.67 Å². The van der Waals surface area contributed by atoms with Gasteiger partial charge in [0, 0.05) is 5.38 Å². The van der Waals surface area contributed by atoms with Crippen molar-refractivity contribution < 1.29 is 27.5 Å². The van der Waals surface area contributed by atoms with Crippen LogP contribution < -0.4 is 4.72 Å². The summed E-state index contributed by atoms with van der Waals surface area (Å²) in [6.07, 6.45) is 0. The van der Waals surface area contributed by atoms with Crippen LogP contribution >= 0.6 is 22.9 Å². The number of ether oxygens (including phenoxy) is 2. The zero-order chi connectivity index (χ0) is 14.6. The maximum atomic E-state index is 12.0. The van der Waals surface area contributed by atoms with E-state index in [1.54, 1.807) is 0 Å². The van der Waals surface area contributed by atoms with Crippen LogP contribution in [0.15, 0.2) is 10.3 Å². The van der Waals surface area contributed by atoms with Gasteiger partial charge in [-0.2, -0.15) is 4.72 Å². The summed E-state index contributed by atoms with van der Waals surface area (Å²) in [4.78, 5) is 21.8. The number of thiophene rings is 1. The van der Waals surface area contributed by atoms with E-state index in [2.05, 4.69) is 9.47 Å². The third kappa shape index (κ3) is 3.66. The lowest BCUT2D eigenvalue weighted by molar-refractivity contribution is -0.139. The topological polar surface area (TPSA) is 98.8 Å². The first-order chi connectivity index (χ1) is 8.83. The van der Waals surface area contributed by atoms with Gasteiger partial charge >= 0.3 is 11.9 Å². The molecule has 106 valence electrons. The maximum Gasteiger partial charge on any atom is 0.349 e. The minimum atomic E-state index is -4.11. The van der Waals surface area contributed by atoms with Gasteiger partial charge in [0.1, 0.15) is 16.3 Å². The molecule has 1 aromatic heterocycles.